The average Bonchev–Trinajstić information content (AvgIpc) is 3.13. The molecule has 0 amide bonds. The van der Waals surface area contributed by atoms with Gasteiger partial charge in [0.15, 0.2) is 0 Å². The van der Waals surface area contributed by atoms with Crippen LogP contribution in [0.3, 0.4) is 0 Å². The smallest absolute Gasteiger partial charge is 0.208 e. The van der Waals surface area contributed by atoms with E-state index in [1.165, 1.54) is 5.69 Å². The third kappa shape index (κ3) is 3.89. The Kier molecular flexibility index (Phi) is 6.28. The second-order valence-corrected chi connectivity index (χ2v) is 8.22. The summed E-state index contributed by atoms with van der Waals surface area (Å²) in [7, 11) is 3.70. The zero-order valence-corrected chi connectivity index (χ0v) is 20.0. The van der Waals surface area contributed by atoms with Crippen LogP contribution in [0.4, 0.5) is 17.3 Å². The predicted molar refractivity (Wildman–Crippen MR) is 136 cm³/mol. The Morgan fingerprint density at radius 3 is 2.44 bits per heavy atom. The predicted octanol–water partition coefficient (Wildman–Crippen LogP) is 6.80. The Morgan fingerprint density at radius 1 is 1.06 bits per heavy atom. The maximum absolute atomic E-state index is 6.24. The first kappa shape index (κ1) is 22.0. The number of ether oxygens (including phenoxy) is 1. The first-order valence-electron chi connectivity index (χ1n) is 10.9. The van der Waals surface area contributed by atoms with Gasteiger partial charge in [-0.15, -0.1) is 0 Å². The van der Waals surface area contributed by atoms with Gasteiger partial charge in [-0.1, -0.05) is 41.9 Å². The molecular weight excluding hydrogens is 420 g/mol. The Labute approximate surface area is 194 Å². The third-order valence-corrected chi connectivity index (χ3v) is 6.13. The minimum Gasteiger partial charge on any atom is -0.495 e. The van der Waals surface area contributed by atoms with Crippen LogP contribution in [-0.2, 0) is 7.05 Å². The van der Waals surface area contributed by atoms with Crippen molar-refractivity contribution in [1.29, 1.82) is 0 Å². The van der Waals surface area contributed by atoms with Crippen molar-refractivity contribution in [2.24, 2.45) is 7.05 Å². The van der Waals surface area contributed by atoms with E-state index in [1.807, 2.05) is 25.1 Å². The van der Waals surface area contributed by atoms with Gasteiger partial charge in [0.2, 0.25) is 5.95 Å². The summed E-state index contributed by atoms with van der Waals surface area (Å²) < 4.78 is 7.72. The molecule has 3 aromatic carbocycles. The van der Waals surface area contributed by atoms with Crippen molar-refractivity contribution in [3.8, 4) is 16.9 Å². The van der Waals surface area contributed by atoms with Gasteiger partial charge in [-0.25, -0.2) is 4.98 Å². The van der Waals surface area contributed by atoms with Crippen LogP contribution < -0.4 is 15.0 Å². The molecule has 6 heteroatoms. The van der Waals surface area contributed by atoms with E-state index in [9.17, 15) is 0 Å². The van der Waals surface area contributed by atoms with E-state index in [4.69, 9.17) is 21.3 Å². The highest BCUT2D eigenvalue weighted by Gasteiger charge is 2.20. The number of rotatable bonds is 7. The molecule has 0 saturated heterocycles. The van der Waals surface area contributed by atoms with E-state index in [0.29, 0.717) is 10.8 Å². The van der Waals surface area contributed by atoms with Gasteiger partial charge in [-0.05, 0) is 50.1 Å². The van der Waals surface area contributed by atoms with Crippen molar-refractivity contribution in [1.82, 2.24) is 9.55 Å². The minimum absolute atomic E-state index is 0.644. The number of benzene rings is 3. The van der Waals surface area contributed by atoms with Crippen LogP contribution in [-0.4, -0.2) is 29.8 Å². The third-order valence-electron chi connectivity index (χ3n) is 5.91. The van der Waals surface area contributed by atoms with Gasteiger partial charge in [-0.2, -0.15) is 0 Å². The number of hydrogen-bond donors (Lipinski definition) is 1. The topological polar surface area (TPSA) is 42.3 Å². The number of halogens is 1. The minimum atomic E-state index is 0.644. The van der Waals surface area contributed by atoms with Crippen molar-refractivity contribution < 1.29 is 4.74 Å². The number of aromatic nitrogens is 2. The molecule has 1 heterocycles. The maximum atomic E-state index is 6.24. The first-order valence-corrected chi connectivity index (χ1v) is 11.3. The summed E-state index contributed by atoms with van der Waals surface area (Å²) in [6.45, 7) is 8.22. The largest absolute Gasteiger partial charge is 0.495 e. The zero-order valence-electron chi connectivity index (χ0n) is 19.2. The molecule has 0 saturated carbocycles. The monoisotopic (exact) mass is 448 g/mol. The van der Waals surface area contributed by atoms with Gasteiger partial charge < -0.3 is 19.5 Å². The molecule has 1 aromatic heterocycles. The highest BCUT2D eigenvalue weighted by molar-refractivity contribution is 6.31. The summed E-state index contributed by atoms with van der Waals surface area (Å²) in [5.41, 5.74) is 7.36. The molecule has 1 N–H and O–H groups in total. The van der Waals surface area contributed by atoms with Crippen molar-refractivity contribution >= 4 is 40.0 Å². The number of fused-ring (bicyclic) bond motifs is 1. The molecule has 0 bridgehead atoms. The lowest BCUT2D eigenvalue weighted by Crippen LogP contribution is -2.22. The lowest BCUT2D eigenvalue weighted by molar-refractivity contribution is 0.416. The van der Waals surface area contributed by atoms with Crippen molar-refractivity contribution in [3.63, 3.8) is 0 Å². The van der Waals surface area contributed by atoms with E-state index in [0.717, 1.165) is 52.4 Å². The van der Waals surface area contributed by atoms with Gasteiger partial charge >= 0.3 is 0 Å². The van der Waals surface area contributed by atoms with Crippen LogP contribution in [0.5, 0.6) is 5.75 Å². The Bertz CT molecular complexity index is 1250. The number of imidazole rings is 1. The molecular formula is C26H29ClN4O. The second-order valence-electron chi connectivity index (χ2n) is 7.79. The normalized spacial score (nSPS) is 11.1. The fraction of sp³-hybridized carbons (Fsp3) is 0.269. The van der Waals surface area contributed by atoms with Crippen LogP contribution in [0.25, 0.3) is 22.2 Å². The Balaban J connectivity index is 1.94. The number of nitrogens with one attached hydrogen (secondary N) is 1. The summed E-state index contributed by atoms with van der Waals surface area (Å²) in [6, 6.07) is 18.5. The Hall–Kier alpha value is -3.18. The molecule has 0 aliphatic carbocycles. The van der Waals surface area contributed by atoms with Gasteiger partial charge in [0.1, 0.15) is 11.3 Å². The molecule has 5 nitrogen and oxygen atoms in total. The number of methoxy groups -OCH3 is 1. The van der Waals surface area contributed by atoms with Gasteiger partial charge in [0.25, 0.3) is 0 Å². The summed E-state index contributed by atoms with van der Waals surface area (Å²) in [5.74, 6) is 1.44. The molecule has 4 rings (SSSR count). The fourth-order valence-electron chi connectivity index (χ4n) is 4.23. The lowest BCUT2D eigenvalue weighted by Gasteiger charge is -2.23. The number of anilines is 3. The number of nitrogens with zero attached hydrogens (tertiary/aromatic N) is 3. The van der Waals surface area contributed by atoms with Crippen LogP contribution in [0, 0.1) is 6.92 Å². The molecule has 0 aliphatic rings. The number of aryl methyl sites for hydroxylation is 2. The zero-order chi connectivity index (χ0) is 22.8. The highest BCUT2D eigenvalue weighted by Crippen LogP contribution is 2.39. The lowest BCUT2D eigenvalue weighted by atomic mass is 10.0. The van der Waals surface area contributed by atoms with Crippen LogP contribution in [0.15, 0.2) is 54.6 Å². The highest BCUT2D eigenvalue weighted by atomic mass is 35.5. The van der Waals surface area contributed by atoms with E-state index < -0.39 is 0 Å². The van der Waals surface area contributed by atoms with E-state index >= 15 is 0 Å². The first-order chi connectivity index (χ1) is 15.5. The second kappa shape index (κ2) is 9.13. The Morgan fingerprint density at radius 2 is 1.78 bits per heavy atom. The standard InChI is InChI=1S/C26H29ClN4O/c1-6-31(7-2)21-14-13-20(18-11-9-8-10-12-18)24-25(21)30(4)26(29-24)28-23-17(3)15-19(27)16-22(23)32-5/h8-16H,6-7H2,1-5H3,(H,28,29). The maximum Gasteiger partial charge on any atom is 0.208 e. The molecule has 0 atom stereocenters. The molecule has 32 heavy (non-hydrogen) atoms. The van der Waals surface area contributed by atoms with Crippen molar-refractivity contribution in [2.45, 2.75) is 20.8 Å². The molecule has 4 aromatic rings. The van der Waals surface area contributed by atoms with Gasteiger partial charge in [-0.3, -0.25) is 0 Å². The van der Waals surface area contributed by atoms with Gasteiger partial charge in [0.05, 0.1) is 24.0 Å². The van der Waals surface area contributed by atoms with E-state index in [2.05, 4.69) is 72.1 Å². The molecule has 166 valence electrons. The SMILES string of the molecule is CCN(CC)c1ccc(-c2ccccc2)c2nc(Nc3c(C)cc(Cl)cc3OC)n(C)c12. The van der Waals surface area contributed by atoms with Crippen molar-refractivity contribution in [2.75, 3.05) is 30.4 Å². The summed E-state index contributed by atoms with van der Waals surface area (Å²) in [4.78, 5) is 7.43. The summed E-state index contributed by atoms with van der Waals surface area (Å²) in [6.07, 6.45) is 0. The van der Waals surface area contributed by atoms with Crippen LogP contribution in [0.1, 0.15) is 19.4 Å². The van der Waals surface area contributed by atoms with Crippen LogP contribution >= 0.6 is 11.6 Å². The number of hydrogen-bond acceptors (Lipinski definition) is 4. The fourth-order valence-corrected chi connectivity index (χ4v) is 4.49. The van der Waals surface area contributed by atoms with Crippen molar-refractivity contribution in [3.05, 3.63) is 65.2 Å². The molecule has 0 aliphatic heterocycles. The molecule has 0 radical (unpaired) electrons. The quantitative estimate of drug-likeness (QED) is 0.337. The summed E-state index contributed by atoms with van der Waals surface area (Å²) >= 11 is 6.24. The van der Waals surface area contributed by atoms with Gasteiger partial charge in [0, 0.05) is 36.8 Å². The molecule has 0 fully saturated rings. The van der Waals surface area contributed by atoms with E-state index in [1.54, 1.807) is 7.11 Å². The summed E-state index contributed by atoms with van der Waals surface area (Å²) in [5, 5.41) is 4.15. The van der Waals surface area contributed by atoms with E-state index in [-0.39, 0.29) is 0 Å². The molecule has 0 spiro atoms. The van der Waals surface area contributed by atoms with Crippen LogP contribution in [0.2, 0.25) is 5.02 Å². The molecule has 0 unspecified atom stereocenters. The average molecular weight is 449 g/mol.